The number of rotatable bonds is 6. The molecule has 1 saturated heterocycles. The summed E-state index contributed by atoms with van der Waals surface area (Å²) >= 11 is 0. The lowest BCUT2D eigenvalue weighted by Gasteiger charge is -2.20. The van der Waals surface area contributed by atoms with Gasteiger partial charge in [-0.1, -0.05) is 18.6 Å². The SMILES string of the molecule is CCN1C(=O)C(=Cc2ccc(N(CC)CC)cc2)OC1=NC1CC2CCC1C2. The molecule has 3 fully saturated rings. The Bertz CT molecular complexity index is 780. The van der Waals surface area contributed by atoms with Gasteiger partial charge in [0.1, 0.15) is 0 Å². The number of benzene rings is 1. The molecule has 4 rings (SSSR count). The van der Waals surface area contributed by atoms with E-state index in [0.29, 0.717) is 30.3 Å². The lowest BCUT2D eigenvalue weighted by atomic mass is 9.96. The van der Waals surface area contributed by atoms with Crippen LogP contribution in [0.15, 0.2) is 35.0 Å². The fraction of sp³-hybridized carbons (Fsp3) is 0.565. The molecule has 1 aromatic carbocycles. The molecule has 150 valence electrons. The number of carbonyl (C=O) groups excluding carboxylic acids is 1. The molecule has 0 spiro atoms. The summed E-state index contributed by atoms with van der Waals surface area (Å²) in [7, 11) is 0. The summed E-state index contributed by atoms with van der Waals surface area (Å²) in [6, 6.07) is 9.10. The van der Waals surface area contributed by atoms with Crippen LogP contribution in [0.1, 0.15) is 52.0 Å². The van der Waals surface area contributed by atoms with Crippen molar-refractivity contribution in [2.24, 2.45) is 16.8 Å². The molecule has 3 atom stereocenters. The summed E-state index contributed by atoms with van der Waals surface area (Å²) in [6.45, 7) is 8.82. The van der Waals surface area contributed by atoms with E-state index in [1.165, 1.54) is 24.9 Å². The molecule has 5 heteroatoms. The first-order valence-corrected chi connectivity index (χ1v) is 10.8. The van der Waals surface area contributed by atoms with Crippen LogP contribution < -0.4 is 4.90 Å². The molecule has 2 aliphatic carbocycles. The highest BCUT2D eigenvalue weighted by molar-refractivity contribution is 6.11. The van der Waals surface area contributed by atoms with Crippen LogP contribution in [0, 0.1) is 11.8 Å². The molecular weight excluding hydrogens is 350 g/mol. The van der Waals surface area contributed by atoms with Crippen molar-refractivity contribution in [2.75, 3.05) is 24.5 Å². The third-order valence-electron chi connectivity index (χ3n) is 6.50. The quantitative estimate of drug-likeness (QED) is 0.690. The number of anilines is 1. The van der Waals surface area contributed by atoms with Crippen LogP contribution in [0.4, 0.5) is 5.69 Å². The fourth-order valence-corrected chi connectivity index (χ4v) is 4.92. The van der Waals surface area contributed by atoms with Gasteiger partial charge >= 0.3 is 6.02 Å². The molecule has 0 radical (unpaired) electrons. The summed E-state index contributed by atoms with van der Waals surface area (Å²) in [6.07, 6.45) is 6.89. The number of fused-ring (bicyclic) bond motifs is 2. The number of hydrogen-bond acceptors (Lipinski definition) is 4. The van der Waals surface area contributed by atoms with Crippen molar-refractivity contribution in [1.29, 1.82) is 0 Å². The minimum atomic E-state index is -0.0859. The number of carbonyl (C=O) groups is 1. The van der Waals surface area contributed by atoms with Crippen LogP contribution in [0.3, 0.4) is 0 Å². The van der Waals surface area contributed by atoms with Crippen LogP contribution in [0.5, 0.6) is 0 Å². The van der Waals surface area contributed by atoms with Crippen LogP contribution in [-0.2, 0) is 9.53 Å². The largest absolute Gasteiger partial charge is 0.420 e. The van der Waals surface area contributed by atoms with E-state index in [1.54, 1.807) is 4.90 Å². The average Bonchev–Trinajstić information content (AvgIpc) is 3.40. The maximum absolute atomic E-state index is 12.8. The van der Waals surface area contributed by atoms with E-state index in [-0.39, 0.29) is 5.91 Å². The standard InChI is InChI=1S/C23H31N3O2/c1-4-25(5-2)19-11-8-16(9-12-19)15-21-22(27)26(6-3)23(28-21)24-20-14-17-7-10-18(20)13-17/h8-9,11-12,15,17-18,20H,4-7,10,13-14H2,1-3H3. The Morgan fingerprint density at radius 2 is 1.89 bits per heavy atom. The van der Waals surface area contributed by atoms with Crippen molar-refractivity contribution in [3.8, 4) is 0 Å². The van der Waals surface area contributed by atoms with Gasteiger partial charge in [-0.15, -0.1) is 0 Å². The van der Waals surface area contributed by atoms with Gasteiger partial charge in [-0.2, -0.15) is 0 Å². The highest BCUT2D eigenvalue weighted by Crippen LogP contribution is 2.46. The number of hydrogen-bond donors (Lipinski definition) is 0. The molecular formula is C23H31N3O2. The molecule has 1 amide bonds. The zero-order valence-corrected chi connectivity index (χ0v) is 17.2. The highest BCUT2D eigenvalue weighted by Gasteiger charge is 2.42. The predicted octanol–water partition coefficient (Wildman–Crippen LogP) is 4.30. The van der Waals surface area contributed by atoms with Gasteiger partial charge in [0.2, 0.25) is 0 Å². The van der Waals surface area contributed by atoms with E-state index in [4.69, 9.17) is 9.73 Å². The summed E-state index contributed by atoms with van der Waals surface area (Å²) in [5, 5.41) is 0. The number of nitrogens with zero attached hydrogens (tertiary/aromatic N) is 3. The Labute approximate surface area is 168 Å². The molecule has 1 aliphatic heterocycles. The topological polar surface area (TPSA) is 45.1 Å². The summed E-state index contributed by atoms with van der Waals surface area (Å²) in [4.78, 5) is 21.6. The second-order valence-electron chi connectivity index (χ2n) is 8.08. The van der Waals surface area contributed by atoms with Crippen LogP contribution in [0.2, 0.25) is 0 Å². The molecule has 1 heterocycles. The number of amides is 1. The van der Waals surface area contributed by atoms with Crippen molar-refractivity contribution in [3.05, 3.63) is 35.6 Å². The summed E-state index contributed by atoms with van der Waals surface area (Å²) in [5.41, 5.74) is 2.16. The maximum Gasteiger partial charge on any atom is 0.300 e. The van der Waals surface area contributed by atoms with Crippen molar-refractivity contribution in [2.45, 2.75) is 52.5 Å². The first-order chi connectivity index (χ1) is 13.6. The number of amidine groups is 1. The van der Waals surface area contributed by atoms with Gasteiger partial charge in [-0.3, -0.25) is 9.69 Å². The minimum Gasteiger partial charge on any atom is -0.420 e. The third kappa shape index (κ3) is 3.54. The molecule has 28 heavy (non-hydrogen) atoms. The molecule has 3 aliphatic rings. The molecule has 0 N–H and O–H groups in total. The van der Waals surface area contributed by atoms with E-state index in [9.17, 15) is 4.79 Å². The summed E-state index contributed by atoms with van der Waals surface area (Å²) < 4.78 is 5.95. The normalized spacial score (nSPS) is 29.2. The lowest BCUT2D eigenvalue weighted by molar-refractivity contribution is -0.122. The van der Waals surface area contributed by atoms with Crippen LogP contribution >= 0.6 is 0 Å². The molecule has 3 unspecified atom stereocenters. The van der Waals surface area contributed by atoms with E-state index in [2.05, 4.69) is 30.9 Å². The van der Waals surface area contributed by atoms with E-state index >= 15 is 0 Å². The zero-order valence-electron chi connectivity index (χ0n) is 17.2. The van der Waals surface area contributed by atoms with Crippen LogP contribution in [-0.4, -0.2) is 42.5 Å². The maximum atomic E-state index is 12.8. The van der Waals surface area contributed by atoms with Crippen molar-refractivity contribution < 1.29 is 9.53 Å². The minimum absolute atomic E-state index is 0.0859. The monoisotopic (exact) mass is 381 g/mol. The third-order valence-corrected chi connectivity index (χ3v) is 6.50. The summed E-state index contributed by atoms with van der Waals surface area (Å²) in [5.74, 6) is 1.79. The fourth-order valence-electron chi connectivity index (χ4n) is 4.92. The van der Waals surface area contributed by atoms with Gasteiger partial charge in [-0.25, -0.2) is 4.99 Å². The first kappa shape index (κ1) is 19.0. The number of ether oxygens (including phenoxy) is 1. The van der Waals surface area contributed by atoms with Gasteiger partial charge in [0, 0.05) is 25.3 Å². The average molecular weight is 382 g/mol. The molecule has 5 nitrogen and oxygen atoms in total. The van der Waals surface area contributed by atoms with Crippen molar-refractivity contribution in [1.82, 2.24) is 4.90 Å². The smallest absolute Gasteiger partial charge is 0.300 e. The lowest BCUT2D eigenvalue weighted by Crippen LogP contribution is -2.31. The van der Waals surface area contributed by atoms with Crippen molar-refractivity contribution >= 4 is 23.7 Å². The van der Waals surface area contributed by atoms with E-state index in [1.807, 2.05) is 25.1 Å². The Balaban J connectivity index is 1.52. The first-order valence-electron chi connectivity index (χ1n) is 10.8. The van der Waals surface area contributed by atoms with Gasteiger partial charge in [0.05, 0.1) is 6.04 Å². The van der Waals surface area contributed by atoms with Gasteiger partial charge < -0.3 is 9.64 Å². The Hall–Kier alpha value is -2.30. The molecule has 0 aromatic heterocycles. The molecule has 1 aromatic rings. The second-order valence-corrected chi connectivity index (χ2v) is 8.08. The van der Waals surface area contributed by atoms with Gasteiger partial charge in [0.15, 0.2) is 5.76 Å². The molecule has 2 saturated carbocycles. The zero-order chi connectivity index (χ0) is 19.7. The second kappa shape index (κ2) is 7.98. The highest BCUT2D eigenvalue weighted by atomic mass is 16.5. The van der Waals surface area contributed by atoms with Gasteiger partial charge in [-0.05, 0) is 75.6 Å². The van der Waals surface area contributed by atoms with E-state index < -0.39 is 0 Å². The van der Waals surface area contributed by atoms with Crippen LogP contribution in [0.25, 0.3) is 6.08 Å². The Kier molecular flexibility index (Phi) is 5.42. The van der Waals surface area contributed by atoms with E-state index in [0.717, 1.165) is 31.0 Å². The number of aliphatic imine (C=N–C) groups is 1. The predicted molar refractivity (Wildman–Crippen MR) is 113 cm³/mol. The molecule has 2 bridgehead atoms. The Morgan fingerprint density at radius 3 is 2.46 bits per heavy atom. The number of likely N-dealkylation sites (N-methyl/N-ethyl adjacent to an activating group) is 1. The van der Waals surface area contributed by atoms with Crippen molar-refractivity contribution in [3.63, 3.8) is 0 Å². The Morgan fingerprint density at radius 1 is 1.14 bits per heavy atom. The van der Waals surface area contributed by atoms with Gasteiger partial charge in [0.25, 0.3) is 5.91 Å².